The fourth-order valence-electron chi connectivity index (χ4n) is 1.50. The fourth-order valence-corrected chi connectivity index (χ4v) is 1.50. The number of benzene rings is 1. The van der Waals surface area contributed by atoms with Crippen LogP contribution in [-0.4, -0.2) is 12.3 Å². The van der Waals surface area contributed by atoms with Gasteiger partial charge in [-0.3, -0.25) is 0 Å². The van der Waals surface area contributed by atoms with Crippen molar-refractivity contribution in [3.8, 4) is 11.3 Å². The Hall–Kier alpha value is -1.95. The molecule has 2 N–H and O–H groups in total. The van der Waals surface area contributed by atoms with Crippen molar-refractivity contribution < 1.29 is 18.0 Å². The highest BCUT2D eigenvalue weighted by Crippen LogP contribution is 2.26. The number of nitrogen functional groups attached to an aromatic ring is 1. The lowest BCUT2D eigenvalue weighted by atomic mass is 10.1. The van der Waals surface area contributed by atoms with Crippen LogP contribution < -0.4 is 5.73 Å². The monoisotopic (exact) mass is 240 g/mol. The van der Waals surface area contributed by atoms with Gasteiger partial charge in [-0.15, -0.1) is 0 Å². The standard InChI is InChI=1S/C11H10F2N2O2/c1-16-5-6-2-7(11(13)8(12)3-6)9-4-10(14)17-15-9/h2-4H,5,14H2,1H3. The lowest BCUT2D eigenvalue weighted by Gasteiger charge is -2.05. The van der Waals surface area contributed by atoms with E-state index >= 15 is 0 Å². The van der Waals surface area contributed by atoms with Crippen molar-refractivity contribution in [2.75, 3.05) is 12.8 Å². The Kier molecular flexibility index (Phi) is 3.06. The maximum Gasteiger partial charge on any atom is 0.222 e. The van der Waals surface area contributed by atoms with E-state index in [2.05, 4.69) is 9.68 Å². The first-order valence-electron chi connectivity index (χ1n) is 4.81. The largest absolute Gasteiger partial charge is 0.380 e. The molecule has 1 aromatic heterocycles. The molecule has 4 nitrogen and oxygen atoms in total. The summed E-state index contributed by atoms with van der Waals surface area (Å²) in [5.74, 6) is -1.91. The van der Waals surface area contributed by atoms with Gasteiger partial charge >= 0.3 is 0 Å². The van der Waals surface area contributed by atoms with Gasteiger partial charge in [-0.2, -0.15) is 0 Å². The van der Waals surface area contributed by atoms with Crippen molar-refractivity contribution in [3.05, 3.63) is 35.4 Å². The Labute approximate surface area is 96.0 Å². The zero-order chi connectivity index (χ0) is 12.4. The zero-order valence-electron chi connectivity index (χ0n) is 9.04. The Morgan fingerprint density at radius 3 is 2.71 bits per heavy atom. The molecule has 0 spiro atoms. The van der Waals surface area contributed by atoms with Crippen LogP contribution in [0.4, 0.5) is 14.7 Å². The molecular formula is C11H10F2N2O2. The van der Waals surface area contributed by atoms with E-state index < -0.39 is 11.6 Å². The Bertz CT molecular complexity index is 540. The molecule has 0 saturated heterocycles. The number of nitrogens with zero attached hydrogens (tertiary/aromatic N) is 1. The summed E-state index contributed by atoms with van der Waals surface area (Å²) in [5, 5.41) is 3.54. The van der Waals surface area contributed by atoms with Crippen molar-refractivity contribution in [2.24, 2.45) is 0 Å². The molecule has 0 aliphatic rings. The van der Waals surface area contributed by atoms with Crippen LogP contribution >= 0.6 is 0 Å². The number of aromatic nitrogens is 1. The predicted molar refractivity (Wildman–Crippen MR) is 57.0 cm³/mol. The first-order chi connectivity index (χ1) is 8.11. The number of hydrogen-bond acceptors (Lipinski definition) is 4. The SMILES string of the molecule is COCc1cc(F)c(F)c(-c2cc(N)on2)c1. The molecule has 1 heterocycles. The number of methoxy groups -OCH3 is 1. The quantitative estimate of drug-likeness (QED) is 0.894. The Morgan fingerprint density at radius 2 is 2.12 bits per heavy atom. The van der Waals surface area contributed by atoms with E-state index in [-0.39, 0.29) is 23.7 Å². The third kappa shape index (κ3) is 2.26. The topological polar surface area (TPSA) is 61.3 Å². The number of anilines is 1. The van der Waals surface area contributed by atoms with Gasteiger partial charge in [0, 0.05) is 18.7 Å². The molecule has 0 saturated carbocycles. The number of ether oxygens (including phenoxy) is 1. The fraction of sp³-hybridized carbons (Fsp3) is 0.182. The van der Waals surface area contributed by atoms with Crippen LogP contribution in [0, 0.1) is 11.6 Å². The molecule has 0 bridgehead atoms. The molecule has 0 aliphatic carbocycles. The van der Waals surface area contributed by atoms with Crippen molar-refractivity contribution in [2.45, 2.75) is 6.61 Å². The van der Waals surface area contributed by atoms with Crippen molar-refractivity contribution in [3.63, 3.8) is 0 Å². The first kappa shape index (κ1) is 11.5. The van der Waals surface area contributed by atoms with Crippen LogP contribution in [0.15, 0.2) is 22.7 Å². The van der Waals surface area contributed by atoms with Gasteiger partial charge in [-0.1, -0.05) is 5.16 Å². The summed E-state index contributed by atoms with van der Waals surface area (Å²) in [6.45, 7) is 0.178. The van der Waals surface area contributed by atoms with Crippen LogP contribution in [-0.2, 0) is 11.3 Å². The van der Waals surface area contributed by atoms with Gasteiger partial charge in [-0.25, -0.2) is 8.78 Å². The van der Waals surface area contributed by atoms with E-state index in [9.17, 15) is 8.78 Å². The molecule has 2 aromatic rings. The molecule has 0 radical (unpaired) electrons. The second-order valence-corrected chi connectivity index (χ2v) is 3.49. The Morgan fingerprint density at radius 1 is 1.35 bits per heavy atom. The molecule has 17 heavy (non-hydrogen) atoms. The second kappa shape index (κ2) is 4.50. The molecule has 1 aromatic carbocycles. The minimum atomic E-state index is -0.988. The van der Waals surface area contributed by atoms with Crippen LogP contribution in [0.3, 0.4) is 0 Å². The minimum absolute atomic E-state index is 0.00231. The summed E-state index contributed by atoms with van der Waals surface area (Å²) in [6, 6.07) is 3.85. The third-order valence-electron chi connectivity index (χ3n) is 2.20. The van der Waals surface area contributed by atoms with Gasteiger partial charge in [0.1, 0.15) is 5.69 Å². The summed E-state index contributed by atoms with van der Waals surface area (Å²) in [6.07, 6.45) is 0. The molecule has 0 unspecified atom stereocenters. The summed E-state index contributed by atoms with van der Waals surface area (Å²) in [4.78, 5) is 0. The summed E-state index contributed by atoms with van der Waals surface area (Å²) >= 11 is 0. The van der Waals surface area contributed by atoms with Gasteiger partial charge < -0.3 is 15.0 Å². The third-order valence-corrected chi connectivity index (χ3v) is 2.20. The molecule has 0 atom stereocenters. The lowest BCUT2D eigenvalue weighted by molar-refractivity contribution is 0.184. The zero-order valence-corrected chi connectivity index (χ0v) is 9.04. The molecule has 0 amide bonds. The maximum absolute atomic E-state index is 13.6. The molecular weight excluding hydrogens is 230 g/mol. The molecule has 0 fully saturated rings. The summed E-state index contributed by atoms with van der Waals surface area (Å²) < 4.78 is 36.4. The van der Waals surface area contributed by atoms with Crippen molar-refractivity contribution in [1.29, 1.82) is 0 Å². The number of halogens is 2. The lowest BCUT2D eigenvalue weighted by Crippen LogP contribution is -1.96. The van der Waals surface area contributed by atoms with E-state index in [0.717, 1.165) is 6.07 Å². The average Bonchev–Trinajstić information content (AvgIpc) is 2.70. The highest BCUT2D eigenvalue weighted by molar-refractivity contribution is 5.62. The van der Waals surface area contributed by atoms with E-state index in [1.165, 1.54) is 19.2 Å². The maximum atomic E-state index is 13.6. The molecule has 90 valence electrons. The molecule has 6 heteroatoms. The average molecular weight is 240 g/mol. The molecule has 2 rings (SSSR count). The van der Waals surface area contributed by atoms with Gasteiger partial charge in [-0.05, 0) is 17.7 Å². The smallest absolute Gasteiger partial charge is 0.222 e. The van der Waals surface area contributed by atoms with E-state index in [0.29, 0.717) is 5.56 Å². The highest BCUT2D eigenvalue weighted by atomic mass is 19.2. The van der Waals surface area contributed by atoms with Gasteiger partial charge in [0.2, 0.25) is 5.88 Å². The van der Waals surface area contributed by atoms with Crippen molar-refractivity contribution in [1.82, 2.24) is 5.16 Å². The number of rotatable bonds is 3. The predicted octanol–water partition coefficient (Wildman–Crippen LogP) is 2.35. The minimum Gasteiger partial charge on any atom is -0.380 e. The van der Waals surface area contributed by atoms with Gasteiger partial charge in [0.05, 0.1) is 6.61 Å². The van der Waals surface area contributed by atoms with Crippen LogP contribution in [0.5, 0.6) is 0 Å². The summed E-state index contributed by atoms with van der Waals surface area (Å²) in [5.41, 5.74) is 5.98. The Balaban J connectivity index is 2.52. The number of nitrogens with two attached hydrogens (primary N) is 1. The van der Waals surface area contributed by atoms with Crippen LogP contribution in [0.2, 0.25) is 0 Å². The first-order valence-corrected chi connectivity index (χ1v) is 4.81. The van der Waals surface area contributed by atoms with Crippen LogP contribution in [0.1, 0.15) is 5.56 Å². The second-order valence-electron chi connectivity index (χ2n) is 3.49. The normalized spacial score (nSPS) is 10.8. The molecule has 0 aliphatic heterocycles. The van der Waals surface area contributed by atoms with Gasteiger partial charge in [0.15, 0.2) is 11.6 Å². The van der Waals surface area contributed by atoms with Gasteiger partial charge in [0.25, 0.3) is 0 Å². The highest BCUT2D eigenvalue weighted by Gasteiger charge is 2.15. The van der Waals surface area contributed by atoms with E-state index in [4.69, 9.17) is 10.5 Å². The van der Waals surface area contributed by atoms with E-state index in [1.807, 2.05) is 0 Å². The van der Waals surface area contributed by atoms with E-state index in [1.54, 1.807) is 0 Å². The number of hydrogen-bond donors (Lipinski definition) is 1. The summed E-state index contributed by atoms with van der Waals surface area (Å²) in [7, 11) is 1.47. The van der Waals surface area contributed by atoms with Crippen LogP contribution in [0.25, 0.3) is 11.3 Å². The van der Waals surface area contributed by atoms with Crippen molar-refractivity contribution >= 4 is 5.88 Å².